The highest BCUT2D eigenvalue weighted by atomic mass is 16.3. The van der Waals surface area contributed by atoms with Crippen molar-refractivity contribution in [2.24, 2.45) is 0 Å². The standard InChI is InChI=1S/C12H26N2O2/c1-5-8-13-11(16)10(4)14-12(6-2,7-3)9-15/h10,14-15H,5-9H2,1-4H3,(H,13,16). The quantitative estimate of drug-likeness (QED) is 0.584. The molecule has 16 heavy (non-hydrogen) atoms. The normalized spacial score (nSPS) is 13.6. The van der Waals surface area contributed by atoms with E-state index in [1.807, 2.05) is 27.7 Å². The van der Waals surface area contributed by atoms with E-state index in [9.17, 15) is 9.90 Å². The molecule has 0 heterocycles. The molecule has 3 N–H and O–H groups in total. The van der Waals surface area contributed by atoms with Crippen LogP contribution in [0.5, 0.6) is 0 Å². The van der Waals surface area contributed by atoms with Crippen LogP contribution in [-0.4, -0.2) is 35.7 Å². The van der Waals surface area contributed by atoms with Crippen molar-refractivity contribution in [2.45, 2.75) is 58.5 Å². The van der Waals surface area contributed by atoms with Gasteiger partial charge >= 0.3 is 0 Å². The van der Waals surface area contributed by atoms with Crippen LogP contribution >= 0.6 is 0 Å². The summed E-state index contributed by atoms with van der Waals surface area (Å²) in [7, 11) is 0. The molecule has 0 radical (unpaired) electrons. The van der Waals surface area contributed by atoms with Gasteiger partial charge in [0.2, 0.25) is 5.91 Å². The van der Waals surface area contributed by atoms with Crippen LogP contribution in [0.2, 0.25) is 0 Å². The number of nitrogens with one attached hydrogen (secondary N) is 2. The molecule has 0 aliphatic rings. The van der Waals surface area contributed by atoms with Crippen molar-refractivity contribution in [2.75, 3.05) is 13.2 Å². The number of aliphatic hydroxyl groups is 1. The van der Waals surface area contributed by atoms with Crippen LogP contribution in [0.3, 0.4) is 0 Å². The Morgan fingerprint density at radius 3 is 2.25 bits per heavy atom. The van der Waals surface area contributed by atoms with Gasteiger partial charge in [-0.2, -0.15) is 0 Å². The largest absolute Gasteiger partial charge is 0.394 e. The number of rotatable bonds is 8. The van der Waals surface area contributed by atoms with Crippen LogP contribution < -0.4 is 10.6 Å². The Hall–Kier alpha value is -0.610. The summed E-state index contributed by atoms with van der Waals surface area (Å²) in [6, 6.07) is -0.265. The second-order valence-electron chi connectivity index (χ2n) is 4.30. The van der Waals surface area contributed by atoms with E-state index >= 15 is 0 Å². The topological polar surface area (TPSA) is 61.4 Å². The molecule has 0 saturated carbocycles. The maximum absolute atomic E-state index is 11.7. The number of hydrogen-bond donors (Lipinski definition) is 3. The Morgan fingerprint density at radius 2 is 1.88 bits per heavy atom. The van der Waals surface area contributed by atoms with Gasteiger partial charge < -0.3 is 10.4 Å². The van der Waals surface area contributed by atoms with Gasteiger partial charge in [-0.1, -0.05) is 20.8 Å². The molecule has 0 aliphatic carbocycles. The number of carbonyl (C=O) groups excluding carboxylic acids is 1. The molecule has 0 aliphatic heterocycles. The first-order valence-electron chi connectivity index (χ1n) is 6.21. The average Bonchev–Trinajstić information content (AvgIpc) is 2.32. The summed E-state index contributed by atoms with van der Waals surface area (Å²) in [5.74, 6) is 0.00146. The Balaban J connectivity index is 4.28. The highest BCUT2D eigenvalue weighted by Gasteiger charge is 2.28. The van der Waals surface area contributed by atoms with Crippen molar-refractivity contribution in [3.8, 4) is 0 Å². The number of carbonyl (C=O) groups is 1. The Bertz CT molecular complexity index is 195. The number of amides is 1. The van der Waals surface area contributed by atoms with Crippen LogP contribution in [0.4, 0.5) is 0 Å². The second-order valence-corrected chi connectivity index (χ2v) is 4.30. The molecule has 1 amide bonds. The van der Waals surface area contributed by atoms with Crippen molar-refractivity contribution in [1.82, 2.24) is 10.6 Å². The van der Waals surface area contributed by atoms with Gasteiger partial charge in [0.15, 0.2) is 0 Å². The summed E-state index contributed by atoms with van der Waals surface area (Å²) in [6.45, 7) is 8.66. The molecule has 0 saturated heterocycles. The minimum atomic E-state index is -0.330. The van der Waals surface area contributed by atoms with Crippen LogP contribution in [-0.2, 0) is 4.79 Å². The first kappa shape index (κ1) is 15.4. The molecule has 0 aromatic rings. The van der Waals surface area contributed by atoms with E-state index in [1.54, 1.807) is 0 Å². The molecule has 0 aromatic carbocycles. The van der Waals surface area contributed by atoms with E-state index in [-0.39, 0.29) is 24.1 Å². The van der Waals surface area contributed by atoms with Crippen molar-refractivity contribution in [1.29, 1.82) is 0 Å². The summed E-state index contributed by atoms with van der Waals surface area (Å²) in [5, 5.41) is 15.5. The molecule has 0 aromatic heterocycles. The first-order valence-corrected chi connectivity index (χ1v) is 6.21. The summed E-state index contributed by atoms with van der Waals surface area (Å²) in [6.07, 6.45) is 2.56. The van der Waals surface area contributed by atoms with E-state index in [1.165, 1.54) is 0 Å². The Labute approximate surface area is 98.8 Å². The summed E-state index contributed by atoms with van der Waals surface area (Å²) < 4.78 is 0. The van der Waals surface area contributed by atoms with Gasteiger partial charge in [0.05, 0.1) is 12.6 Å². The zero-order valence-corrected chi connectivity index (χ0v) is 11.0. The van der Waals surface area contributed by atoms with Crippen LogP contribution in [0.25, 0.3) is 0 Å². The molecule has 4 heteroatoms. The molecule has 96 valence electrons. The fourth-order valence-corrected chi connectivity index (χ4v) is 1.65. The van der Waals surface area contributed by atoms with Crippen LogP contribution in [0.1, 0.15) is 47.0 Å². The minimum Gasteiger partial charge on any atom is -0.394 e. The predicted molar refractivity (Wildman–Crippen MR) is 66.3 cm³/mol. The van der Waals surface area contributed by atoms with E-state index in [2.05, 4.69) is 10.6 Å². The molecule has 0 fully saturated rings. The van der Waals surface area contributed by atoms with Gasteiger partial charge in [-0.25, -0.2) is 0 Å². The fraction of sp³-hybridized carbons (Fsp3) is 0.917. The lowest BCUT2D eigenvalue weighted by Crippen LogP contribution is -2.56. The van der Waals surface area contributed by atoms with Crippen LogP contribution in [0.15, 0.2) is 0 Å². The number of hydrogen-bond acceptors (Lipinski definition) is 3. The highest BCUT2D eigenvalue weighted by Crippen LogP contribution is 2.14. The molecule has 1 atom stereocenters. The van der Waals surface area contributed by atoms with E-state index in [0.29, 0.717) is 6.54 Å². The van der Waals surface area contributed by atoms with Crippen molar-refractivity contribution < 1.29 is 9.90 Å². The maximum atomic E-state index is 11.7. The third-order valence-corrected chi connectivity index (χ3v) is 3.12. The summed E-state index contributed by atoms with van der Waals surface area (Å²) >= 11 is 0. The Morgan fingerprint density at radius 1 is 1.31 bits per heavy atom. The third-order valence-electron chi connectivity index (χ3n) is 3.12. The fourth-order valence-electron chi connectivity index (χ4n) is 1.65. The molecule has 0 spiro atoms. The molecule has 4 nitrogen and oxygen atoms in total. The maximum Gasteiger partial charge on any atom is 0.236 e. The summed E-state index contributed by atoms with van der Waals surface area (Å²) in [4.78, 5) is 11.7. The molecule has 0 bridgehead atoms. The molecular formula is C12H26N2O2. The van der Waals surface area contributed by atoms with Crippen molar-refractivity contribution >= 4 is 5.91 Å². The third kappa shape index (κ3) is 4.49. The van der Waals surface area contributed by atoms with Gasteiger partial charge in [0.1, 0.15) is 0 Å². The van der Waals surface area contributed by atoms with Gasteiger partial charge in [-0.3, -0.25) is 10.1 Å². The second kappa shape index (κ2) is 7.63. The lowest BCUT2D eigenvalue weighted by atomic mass is 9.93. The van der Waals surface area contributed by atoms with E-state index < -0.39 is 0 Å². The van der Waals surface area contributed by atoms with Gasteiger partial charge in [0.25, 0.3) is 0 Å². The molecule has 1 unspecified atom stereocenters. The zero-order chi connectivity index (χ0) is 12.6. The lowest BCUT2D eigenvalue weighted by molar-refractivity contribution is -0.123. The lowest BCUT2D eigenvalue weighted by Gasteiger charge is -2.33. The molecule has 0 rings (SSSR count). The average molecular weight is 230 g/mol. The van der Waals surface area contributed by atoms with E-state index in [4.69, 9.17) is 0 Å². The summed E-state index contributed by atoms with van der Waals surface area (Å²) in [5.41, 5.74) is -0.330. The monoisotopic (exact) mass is 230 g/mol. The van der Waals surface area contributed by atoms with E-state index in [0.717, 1.165) is 19.3 Å². The van der Waals surface area contributed by atoms with Crippen molar-refractivity contribution in [3.05, 3.63) is 0 Å². The zero-order valence-electron chi connectivity index (χ0n) is 11.0. The first-order chi connectivity index (χ1) is 7.55. The highest BCUT2D eigenvalue weighted by molar-refractivity contribution is 5.81. The number of aliphatic hydroxyl groups excluding tert-OH is 1. The predicted octanol–water partition coefficient (Wildman–Crippen LogP) is 1.04. The van der Waals surface area contributed by atoms with Gasteiger partial charge in [0, 0.05) is 12.1 Å². The SMILES string of the molecule is CCCNC(=O)C(C)NC(CC)(CC)CO. The molecular weight excluding hydrogens is 204 g/mol. The van der Waals surface area contributed by atoms with Gasteiger partial charge in [-0.15, -0.1) is 0 Å². The van der Waals surface area contributed by atoms with Crippen LogP contribution in [0, 0.1) is 0 Å². The van der Waals surface area contributed by atoms with Gasteiger partial charge in [-0.05, 0) is 26.2 Å². The van der Waals surface area contributed by atoms with Crippen molar-refractivity contribution in [3.63, 3.8) is 0 Å². The minimum absolute atomic E-state index is 0.00146. The smallest absolute Gasteiger partial charge is 0.236 e. The Kier molecular flexibility index (Phi) is 7.34.